The molecule has 9 heavy (non-hydrogen) atoms. The second kappa shape index (κ2) is 4.27. The fourth-order valence-corrected chi connectivity index (χ4v) is 0.377. The third kappa shape index (κ3) is 3.91. The second-order valence-corrected chi connectivity index (χ2v) is 2.20. The highest BCUT2D eigenvalue weighted by Gasteiger charge is 1.99. The molecule has 0 rings (SSSR count). The lowest BCUT2D eigenvalue weighted by Crippen LogP contribution is -2.03. The van der Waals surface area contributed by atoms with Gasteiger partial charge in [0.15, 0.2) is 5.78 Å². The zero-order valence-electron chi connectivity index (χ0n) is 5.92. The van der Waals surface area contributed by atoms with Crippen molar-refractivity contribution in [2.75, 3.05) is 6.54 Å². The molecule has 2 nitrogen and oxygen atoms in total. The molecule has 0 saturated heterocycles. The molecule has 0 fully saturated rings. The predicted molar refractivity (Wildman–Crippen MR) is 38.0 cm³/mol. The number of hydrogen-bond acceptors (Lipinski definition) is 2. The van der Waals surface area contributed by atoms with Crippen LogP contribution in [0.2, 0.25) is 0 Å². The predicted octanol–water partition coefficient (Wildman–Crippen LogP) is 0.726. The number of hydrogen-bond donors (Lipinski definition) is 1. The molecule has 2 N–H and O–H groups in total. The lowest BCUT2D eigenvalue weighted by atomic mass is 10.1. The van der Waals surface area contributed by atoms with Crippen LogP contribution in [0.1, 0.15) is 13.8 Å². The van der Waals surface area contributed by atoms with Crippen LogP contribution in [0.3, 0.4) is 0 Å². The molecule has 0 saturated carbocycles. The smallest absolute Gasteiger partial charge is 0.157 e. The first-order chi connectivity index (χ1) is 4.18. The molecule has 52 valence electrons. The van der Waals surface area contributed by atoms with Crippen LogP contribution in [-0.4, -0.2) is 12.3 Å². The van der Waals surface area contributed by atoms with E-state index >= 15 is 0 Å². The Labute approximate surface area is 55.7 Å². The van der Waals surface area contributed by atoms with E-state index in [-0.39, 0.29) is 11.7 Å². The van der Waals surface area contributed by atoms with Crippen molar-refractivity contribution in [1.29, 1.82) is 0 Å². The molecule has 0 aliphatic rings. The molecule has 0 atom stereocenters. The summed E-state index contributed by atoms with van der Waals surface area (Å²) in [6, 6.07) is 0. The minimum atomic E-state index is 0.0906. The molecule has 0 radical (unpaired) electrons. The van der Waals surface area contributed by atoms with Gasteiger partial charge in [0.1, 0.15) is 0 Å². The first-order valence-electron chi connectivity index (χ1n) is 3.09. The maximum absolute atomic E-state index is 10.8. The van der Waals surface area contributed by atoms with E-state index in [1.165, 1.54) is 6.08 Å². The van der Waals surface area contributed by atoms with Gasteiger partial charge in [-0.1, -0.05) is 19.9 Å². The zero-order valence-corrected chi connectivity index (χ0v) is 5.92. The van der Waals surface area contributed by atoms with Crippen molar-refractivity contribution in [3.05, 3.63) is 12.2 Å². The highest BCUT2D eigenvalue weighted by Crippen LogP contribution is 1.93. The Bertz CT molecular complexity index is 116. The van der Waals surface area contributed by atoms with Crippen LogP contribution in [-0.2, 0) is 4.79 Å². The Morgan fingerprint density at radius 3 is 2.56 bits per heavy atom. The highest BCUT2D eigenvalue weighted by atomic mass is 16.1. The fourth-order valence-electron chi connectivity index (χ4n) is 0.377. The van der Waals surface area contributed by atoms with E-state index in [9.17, 15) is 4.79 Å². The Balaban J connectivity index is 3.63. The Kier molecular flexibility index (Phi) is 3.97. The summed E-state index contributed by atoms with van der Waals surface area (Å²) in [6.07, 6.45) is 3.20. The monoisotopic (exact) mass is 127 g/mol. The van der Waals surface area contributed by atoms with E-state index < -0.39 is 0 Å². The molecule has 0 unspecified atom stereocenters. The van der Waals surface area contributed by atoms with Crippen LogP contribution < -0.4 is 5.73 Å². The van der Waals surface area contributed by atoms with Crippen molar-refractivity contribution >= 4 is 5.78 Å². The van der Waals surface area contributed by atoms with E-state index in [4.69, 9.17) is 5.73 Å². The van der Waals surface area contributed by atoms with Crippen LogP contribution in [0, 0.1) is 5.92 Å². The van der Waals surface area contributed by atoms with E-state index in [0.717, 1.165) is 0 Å². The molecule has 0 bridgehead atoms. The van der Waals surface area contributed by atoms with Gasteiger partial charge in [0, 0.05) is 12.5 Å². The largest absolute Gasteiger partial charge is 0.327 e. The van der Waals surface area contributed by atoms with Gasteiger partial charge in [-0.25, -0.2) is 0 Å². The van der Waals surface area contributed by atoms with Gasteiger partial charge in [-0.3, -0.25) is 4.79 Å². The minimum Gasteiger partial charge on any atom is -0.327 e. The van der Waals surface area contributed by atoms with Gasteiger partial charge in [0.25, 0.3) is 0 Å². The molecule has 0 heterocycles. The topological polar surface area (TPSA) is 43.1 Å². The third-order valence-corrected chi connectivity index (χ3v) is 0.987. The molecule has 0 aromatic carbocycles. The van der Waals surface area contributed by atoms with E-state index in [1.807, 2.05) is 13.8 Å². The standard InChI is InChI=1S/C7H13NO/c1-6(2)7(9)4-3-5-8/h3-4,6H,5,8H2,1-2H3/b4-3+. The van der Waals surface area contributed by atoms with Crippen molar-refractivity contribution in [2.45, 2.75) is 13.8 Å². The molecule has 0 spiro atoms. The van der Waals surface area contributed by atoms with E-state index in [0.29, 0.717) is 6.54 Å². The first-order valence-corrected chi connectivity index (χ1v) is 3.09. The maximum atomic E-state index is 10.8. The summed E-state index contributed by atoms with van der Waals surface area (Å²) >= 11 is 0. The Morgan fingerprint density at radius 1 is 1.67 bits per heavy atom. The van der Waals surface area contributed by atoms with Crippen LogP contribution >= 0.6 is 0 Å². The summed E-state index contributed by atoms with van der Waals surface area (Å²) < 4.78 is 0. The van der Waals surface area contributed by atoms with Crippen LogP contribution in [0.5, 0.6) is 0 Å². The van der Waals surface area contributed by atoms with Gasteiger partial charge in [-0.15, -0.1) is 0 Å². The molecule has 0 amide bonds. The van der Waals surface area contributed by atoms with Gasteiger partial charge in [0.05, 0.1) is 0 Å². The molecule has 0 aliphatic heterocycles. The third-order valence-electron chi connectivity index (χ3n) is 0.987. The van der Waals surface area contributed by atoms with Gasteiger partial charge < -0.3 is 5.73 Å². The average Bonchev–Trinajstić information content (AvgIpc) is 1.82. The summed E-state index contributed by atoms with van der Waals surface area (Å²) in [5.41, 5.74) is 5.14. The number of nitrogens with two attached hydrogens (primary N) is 1. The SMILES string of the molecule is CC(C)C(=O)/C=C/CN. The van der Waals surface area contributed by atoms with Crippen molar-refractivity contribution in [3.8, 4) is 0 Å². The van der Waals surface area contributed by atoms with Crippen molar-refractivity contribution < 1.29 is 4.79 Å². The van der Waals surface area contributed by atoms with E-state index in [1.54, 1.807) is 6.08 Å². The molecule has 0 aliphatic carbocycles. The van der Waals surface area contributed by atoms with Crippen molar-refractivity contribution in [2.24, 2.45) is 11.7 Å². The molecule has 2 heteroatoms. The van der Waals surface area contributed by atoms with Crippen molar-refractivity contribution in [1.82, 2.24) is 0 Å². The number of carbonyl (C=O) groups excluding carboxylic acids is 1. The number of rotatable bonds is 3. The molecule has 0 aromatic heterocycles. The Hall–Kier alpha value is -0.630. The van der Waals surface area contributed by atoms with Gasteiger partial charge >= 0.3 is 0 Å². The van der Waals surface area contributed by atoms with Gasteiger partial charge in [-0.05, 0) is 6.08 Å². The summed E-state index contributed by atoms with van der Waals surface area (Å²) in [5, 5.41) is 0. The van der Waals surface area contributed by atoms with Crippen LogP contribution in [0.25, 0.3) is 0 Å². The maximum Gasteiger partial charge on any atom is 0.157 e. The number of ketones is 1. The van der Waals surface area contributed by atoms with Gasteiger partial charge in [0.2, 0.25) is 0 Å². The zero-order chi connectivity index (χ0) is 7.28. The summed E-state index contributed by atoms with van der Waals surface area (Å²) in [5.74, 6) is 0.230. The highest BCUT2D eigenvalue weighted by molar-refractivity contribution is 5.91. The van der Waals surface area contributed by atoms with Crippen LogP contribution in [0.4, 0.5) is 0 Å². The quantitative estimate of drug-likeness (QED) is 0.568. The normalized spacial score (nSPS) is 11.1. The number of allylic oxidation sites excluding steroid dienone is 1. The molecular formula is C7H13NO. The fraction of sp³-hybridized carbons (Fsp3) is 0.571. The lowest BCUT2D eigenvalue weighted by molar-refractivity contribution is -0.117. The lowest BCUT2D eigenvalue weighted by Gasteiger charge is -1.94. The van der Waals surface area contributed by atoms with Gasteiger partial charge in [-0.2, -0.15) is 0 Å². The summed E-state index contributed by atoms with van der Waals surface area (Å²) in [4.78, 5) is 10.8. The molecule has 0 aromatic rings. The minimum absolute atomic E-state index is 0.0906. The average molecular weight is 127 g/mol. The van der Waals surface area contributed by atoms with Crippen molar-refractivity contribution in [3.63, 3.8) is 0 Å². The number of carbonyl (C=O) groups is 1. The van der Waals surface area contributed by atoms with Crippen LogP contribution in [0.15, 0.2) is 12.2 Å². The first kappa shape index (κ1) is 8.37. The van der Waals surface area contributed by atoms with E-state index in [2.05, 4.69) is 0 Å². The second-order valence-electron chi connectivity index (χ2n) is 2.20. The molecular weight excluding hydrogens is 114 g/mol. The summed E-state index contributed by atoms with van der Waals surface area (Å²) in [6.45, 7) is 4.17. The summed E-state index contributed by atoms with van der Waals surface area (Å²) in [7, 11) is 0. The Morgan fingerprint density at radius 2 is 2.22 bits per heavy atom.